The van der Waals surface area contributed by atoms with Crippen molar-refractivity contribution in [2.24, 2.45) is 11.3 Å². The first-order chi connectivity index (χ1) is 14.6. The Hall–Kier alpha value is -1.79. The largest absolute Gasteiger partial charge is 0.340 e. The number of hydrogen-bond acceptors (Lipinski definition) is 5. The van der Waals surface area contributed by atoms with Gasteiger partial charge in [-0.1, -0.05) is 6.42 Å². The molecule has 2 aliphatic heterocycles. The fourth-order valence-electron chi connectivity index (χ4n) is 5.90. The molecule has 0 unspecified atom stereocenters. The normalized spacial score (nSPS) is 25.7. The molecule has 162 valence electrons. The smallest absolute Gasteiger partial charge is 0.225 e. The minimum atomic E-state index is 0.177. The van der Waals surface area contributed by atoms with E-state index in [0.29, 0.717) is 17.9 Å². The average molecular weight is 411 g/mol. The molecule has 1 aromatic heterocycles. The highest BCUT2D eigenvalue weighted by Gasteiger charge is 2.49. The van der Waals surface area contributed by atoms with Gasteiger partial charge in [-0.25, -0.2) is 0 Å². The molecular formula is C24H34N4O2. The van der Waals surface area contributed by atoms with Crippen LogP contribution in [0.5, 0.6) is 0 Å². The van der Waals surface area contributed by atoms with Crippen LogP contribution in [0.1, 0.15) is 55.3 Å². The van der Waals surface area contributed by atoms with Gasteiger partial charge in [0, 0.05) is 56.1 Å². The second kappa shape index (κ2) is 8.39. The van der Waals surface area contributed by atoms with Crippen LogP contribution >= 0.6 is 0 Å². The third kappa shape index (κ3) is 4.04. The van der Waals surface area contributed by atoms with Crippen LogP contribution in [0, 0.1) is 11.3 Å². The van der Waals surface area contributed by atoms with Crippen molar-refractivity contribution in [3.8, 4) is 0 Å². The van der Waals surface area contributed by atoms with Gasteiger partial charge in [0.15, 0.2) is 5.78 Å². The molecular weight excluding hydrogens is 376 g/mol. The Morgan fingerprint density at radius 2 is 1.63 bits per heavy atom. The topological polar surface area (TPSA) is 56.8 Å². The van der Waals surface area contributed by atoms with Gasteiger partial charge in [0.25, 0.3) is 0 Å². The summed E-state index contributed by atoms with van der Waals surface area (Å²) in [5.41, 5.74) is 1.10. The summed E-state index contributed by atoms with van der Waals surface area (Å²) < 4.78 is 0. The van der Waals surface area contributed by atoms with Gasteiger partial charge in [0.2, 0.25) is 5.91 Å². The lowest BCUT2D eigenvalue weighted by atomic mass is 9.57. The van der Waals surface area contributed by atoms with Crippen LogP contribution in [-0.2, 0) is 4.79 Å². The maximum atomic E-state index is 13.0. The number of piperidine rings is 1. The Morgan fingerprint density at radius 1 is 0.967 bits per heavy atom. The predicted molar refractivity (Wildman–Crippen MR) is 115 cm³/mol. The van der Waals surface area contributed by atoms with Crippen LogP contribution in [0.25, 0.3) is 0 Å². The molecule has 2 saturated carbocycles. The number of carbonyl (C=O) groups excluding carboxylic acids is 2. The van der Waals surface area contributed by atoms with Crippen LogP contribution in [0.3, 0.4) is 0 Å². The minimum absolute atomic E-state index is 0.177. The van der Waals surface area contributed by atoms with Crippen molar-refractivity contribution in [3.63, 3.8) is 0 Å². The first kappa shape index (κ1) is 20.1. The lowest BCUT2D eigenvalue weighted by Crippen LogP contribution is -2.57. The van der Waals surface area contributed by atoms with Gasteiger partial charge >= 0.3 is 0 Å². The van der Waals surface area contributed by atoms with Gasteiger partial charge in [-0.15, -0.1) is 0 Å². The Bertz CT molecular complexity index is 755. The second-order valence-corrected chi connectivity index (χ2v) is 9.99. The zero-order valence-corrected chi connectivity index (χ0v) is 18.0. The highest BCUT2D eigenvalue weighted by molar-refractivity contribution is 5.97. The maximum Gasteiger partial charge on any atom is 0.225 e. The fraction of sp³-hybridized carbons (Fsp3) is 0.708. The molecule has 0 N–H and O–H groups in total. The number of amides is 1. The molecule has 2 aliphatic carbocycles. The number of piperazine rings is 1. The number of carbonyl (C=O) groups is 2. The summed E-state index contributed by atoms with van der Waals surface area (Å²) in [7, 11) is 0. The number of ketones is 1. The number of nitrogens with zero attached hydrogens (tertiary/aromatic N) is 4. The van der Waals surface area contributed by atoms with Crippen LogP contribution in [-0.4, -0.2) is 83.2 Å². The lowest BCUT2D eigenvalue weighted by Gasteiger charge is -2.53. The van der Waals surface area contributed by atoms with E-state index in [9.17, 15) is 9.59 Å². The fourth-order valence-corrected chi connectivity index (χ4v) is 5.90. The molecule has 0 radical (unpaired) electrons. The number of pyridine rings is 1. The summed E-state index contributed by atoms with van der Waals surface area (Å²) in [6, 6.07) is 4.38. The van der Waals surface area contributed by atoms with Gasteiger partial charge in [-0.3, -0.25) is 24.4 Å². The number of rotatable bonds is 5. The van der Waals surface area contributed by atoms with Crippen molar-refractivity contribution in [3.05, 3.63) is 30.1 Å². The molecule has 1 amide bonds. The first-order valence-electron chi connectivity index (χ1n) is 11.8. The third-order valence-electron chi connectivity index (χ3n) is 8.21. The Kier molecular flexibility index (Phi) is 5.63. The molecule has 4 fully saturated rings. The van der Waals surface area contributed by atoms with Crippen molar-refractivity contribution >= 4 is 11.7 Å². The standard InChI is InChI=1S/C24H34N4O2/c29-22(19-4-8-25-9-5-19)18-26-10-6-24(7-11-26)16-20(17-24)23(30)28-14-12-27(13-15-28)21-2-1-3-21/h4-5,8-9,20-21H,1-3,6-7,10-18H2. The molecule has 0 aromatic carbocycles. The minimum Gasteiger partial charge on any atom is -0.340 e. The van der Waals surface area contributed by atoms with E-state index in [2.05, 4.69) is 19.7 Å². The number of Topliss-reactive ketones (excluding diaryl/α,β-unsaturated/α-hetero) is 1. The van der Waals surface area contributed by atoms with Crippen LogP contribution < -0.4 is 0 Å². The van der Waals surface area contributed by atoms with Gasteiger partial charge in [0.1, 0.15) is 0 Å². The average Bonchev–Trinajstić information content (AvgIpc) is 2.72. The number of hydrogen-bond donors (Lipinski definition) is 0. The van der Waals surface area contributed by atoms with E-state index in [-0.39, 0.29) is 11.7 Å². The number of aromatic nitrogens is 1. The van der Waals surface area contributed by atoms with Crippen molar-refractivity contribution in [2.45, 2.75) is 51.0 Å². The van der Waals surface area contributed by atoms with E-state index in [1.165, 1.54) is 19.3 Å². The summed E-state index contributed by atoms with van der Waals surface area (Å²) >= 11 is 0. The zero-order chi connectivity index (χ0) is 20.6. The third-order valence-corrected chi connectivity index (χ3v) is 8.21. The molecule has 3 heterocycles. The van der Waals surface area contributed by atoms with Crippen LogP contribution in [0.2, 0.25) is 0 Å². The van der Waals surface area contributed by atoms with Crippen LogP contribution in [0.15, 0.2) is 24.5 Å². The molecule has 2 saturated heterocycles. The monoisotopic (exact) mass is 410 g/mol. The Balaban J connectivity index is 1.05. The quantitative estimate of drug-likeness (QED) is 0.698. The summed E-state index contributed by atoms with van der Waals surface area (Å²) in [4.78, 5) is 36.4. The molecule has 6 heteroatoms. The molecule has 0 bridgehead atoms. The van der Waals surface area contributed by atoms with Crippen molar-refractivity contribution in [2.75, 3.05) is 45.8 Å². The predicted octanol–water partition coefficient (Wildman–Crippen LogP) is 2.45. The van der Waals surface area contributed by atoms with E-state index in [1.54, 1.807) is 24.5 Å². The SMILES string of the molecule is O=C(CN1CCC2(CC1)CC(C(=O)N1CCN(C3CCC3)CC1)C2)c1ccncc1. The highest BCUT2D eigenvalue weighted by atomic mass is 16.2. The molecule has 6 nitrogen and oxygen atoms in total. The lowest BCUT2D eigenvalue weighted by molar-refractivity contribution is -0.148. The van der Waals surface area contributed by atoms with Gasteiger partial charge < -0.3 is 4.90 Å². The summed E-state index contributed by atoms with van der Waals surface area (Å²) in [6.07, 6.45) is 11.8. The van der Waals surface area contributed by atoms with E-state index < -0.39 is 0 Å². The first-order valence-corrected chi connectivity index (χ1v) is 11.8. The van der Waals surface area contributed by atoms with E-state index in [1.807, 2.05) is 0 Å². The van der Waals surface area contributed by atoms with E-state index >= 15 is 0 Å². The molecule has 1 aromatic rings. The molecule has 5 rings (SSSR count). The van der Waals surface area contributed by atoms with Crippen LogP contribution in [0.4, 0.5) is 0 Å². The summed E-state index contributed by atoms with van der Waals surface area (Å²) in [5, 5.41) is 0. The zero-order valence-electron chi connectivity index (χ0n) is 18.0. The number of likely N-dealkylation sites (tertiary alicyclic amines) is 1. The van der Waals surface area contributed by atoms with E-state index in [0.717, 1.165) is 76.6 Å². The van der Waals surface area contributed by atoms with Gasteiger partial charge in [-0.2, -0.15) is 0 Å². The summed E-state index contributed by atoms with van der Waals surface area (Å²) in [5.74, 6) is 0.825. The maximum absolute atomic E-state index is 13.0. The summed E-state index contributed by atoms with van der Waals surface area (Å²) in [6.45, 7) is 6.40. The van der Waals surface area contributed by atoms with Gasteiger partial charge in [0.05, 0.1) is 6.54 Å². The highest BCUT2D eigenvalue weighted by Crippen LogP contribution is 2.53. The van der Waals surface area contributed by atoms with Gasteiger partial charge in [-0.05, 0) is 69.2 Å². The molecule has 4 aliphatic rings. The Morgan fingerprint density at radius 3 is 2.23 bits per heavy atom. The van der Waals surface area contributed by atoms with E-state index in [4.69, 9.17) is 0 Å². The van der Waals surface area contributed by atoms with Crippen molar-refractivity contribution in [1.29, 1.82) is 0 Å². The van der Waals surface area contributed by atoms with Crippen molar-refractivity contribution < 1.29 is 9.59 Å². The molecule has 1 spiro atoms. The molecule has 0 atom stereocenters. The second-order valence-electron chi connectivity index (χ2n) is 9.99. The van der Waals surface area contributed by atoms with Crippen molar-refractivity contribution in [1.82, 2.24) is 19.7 Å². The molecule has 30 heavy (non-hydrogen) atoms. The Labute approximate surface area is 179 Å².